The minimum atomic E-state index is -0.407. The molecule has 1 amide bonds. The van der Waals surface area contributed by atoms with E-state index in [1.807, 2.05) is 12.1 Å². The summed E-state index contributed by atoms with van der Waals surface area (Å²) in [5.41, 5.74) is 0.443. The van der Waals surface area contributed by atoms with Crippen molar-refractivity contribution in [3.63, 3.8) is 0 Å². The Bertz CT molecular complexity index is 855. The van der Waals surface area contributed by atoms with Crippen LogP contribution in [0.15, 0.2) is 57.8 Å². The first-order chi connectivity index (χ1) is 11.6. The molecule has 0 fully saturated rings. The van der Waals surface area contributed by atoms with Gasteiger partial charge in [-0.15, -0.1) is 16.9 Å². The highest BCUT2D eigenvalue weighted by Crippen LogP contribution is 2.22. The Labute approximate surface area is 146 Å². The first-order valence-corrected chi connectivity index (χ1v) is 8.24. The molecule has 0 radical (unpaired) electrons. The van der Waals surface area contributed by atoms with Gasteiger partial charge in [0.25, 0.3) is 0 Å². The van der Waals surface area contributed by atoms with Crippen LogP contribution >= 0.6 is 23.4 Å². The average Bonchev–Trinajstić information content (AvgIpc) is 3.03. The molecule has 0 atom stereocenters. The second kappa shape index (κ2) is 7.46. The number of benzene rings is 2. The molecule has 0 aliphatic rings. The molecule has 122 valence electrons. The summed E-state index contributed by atoms with van der Waals surface area (Å²) in [6.45, 7) is 0. The predicted octanol–water partition coefficient (Wildman–Crippen LogP) is 4.26. The van der Waals surface area contributed by atoms with Crippen LogP contribution in [0.5, 0.6) is 0 Å². The molecule has 1 N–H and O–H groups in total. The van der Waals surface area contributed by atoms with E-state index >= 15 is 0 Å². The summed E-state index contributed by atoms with van der Waals surface area (Å²) in [5.74, 6) is -0.380. The Morgan fingerprint density at radius 1 is 1.21 bits per heavy atom. The second-order valence-corrected chi connectivity index (χ2v) is 6.20. The van der Waals surface area contributed by atoms with Crippen molar-refractivity contribution in [3.8, 4) is 11.5 Å². The lowest BCUT2D eigenvalue weighted by Crippen LogP contribution is -2.14. The van der Waals surface area contributed by atoms with Gasteiger partial charge in [-0.05, 0) is 42.5 Å². The first kappa shape index (κ1) is 16.5. The number of halogens is 2. The maximum Gasteiger partial charge on any atom is 0.322 e. The fourth-order valence-corrected chi connectivity index (χ4v) is 2.67. The van der Waals surface area contributed by atoms with Crippen LogP contribution in [0.3, 0.4) is 0 Å². The van der Waals surface area contributed by atoms with E-state index in [1.165, 1.54) is 30.0 Å². The third kappa shape index (κ3) is 4.33. The fraction of sp³-hybridized carbons (Fsp3) is 0.0625. The summed E-state index contributed by atoms with van der Waals surface area (Å²) in [6.07, 6.45) is 0. The Hall–Kier alpha value is -2.38. The molecule has 0 aliphatic carbocycles. The van der Waals surface area contributed by atoms with Crippen LogP contribution in [0.4, 0.5) is 10.4 Å². The van der Waals surface area contributed by atoms with Gasteiger partial charge in [-0.25, -0.2) is 4.39 Å². The number of thioether (sulfide) groups is 1. The molecule has 3 aromatic rings. The van der Waals surface area contributed by atoms with Gasteiger partial charge in [0.05, 0.1) is 5.75 Å². The van der Waals surface area contributed by atoms with E-state index in [9.17, 15) is 9.18 Å². The summed E-state index contributed by atoms with van der Waals surface area (Å²) in [4.78, 5) is 12.8. The van der Waals surface area contributed by atoms with Gasteiger partial charge in [-0.1, -0.05) is 22.8 Å². The zero-order valence-corrected chi connectivity index (χ0v) is 13.8. The lowest BCUT2D eigenvalue weighted by Gasteiger charge is -2.01. The van der Waals surface area contributed by atoms with Crippen molar-refractivity contribution in [2.75, 3.05) is 11.1 Å². The molecular weight excluding hydrogens is 353 g/mol. The Morgan fingerprint density at radius 2 is 2.00 bits per heavy atom. The van der Waals surface area contributed by atoms with E-state index in [0.29, 0.717) is 10.6 Å². The second-order valence-electron chi connectivity index (χ2n) is 4.71. The molecule has 5 nitrogen and oxygen atoms in total. The zero-order valence-electron chi connectivity index (χ0n) is 12.2. The standard InChI is InChI=1S/C16H11ClFN3O2S/c17-11-4-6-13(7-5-11)24-9-14(22)19-16-21-20-15(23-16)10-2-1-3-12(18)8-10/h1-8H,9H2,(H,19,21,22). The molecule has 3 rings (SSSR count). The van der Waals surface area contributed by atoms with Gasteiger partial charge in [0.2, 0.25) is 11.8 Å². The van der Waals surface area contributed by atoms with Crippen molar-refractivity contribution in [2.45, 2.75) is 4.90 Å². The van der Waals surface area contributed by atoms with E-state index in [1.54, 1.807) is 18.2 Å². The number of nitrogens with one attached hydrogen (secondary N) is 1. The van der Waals surface area contributed by atoms with Crippen molar-refractivity contribution < 1.29 is 13.6 Å². The number of aromatic nitrogens is 2. The molecule has 0 bridgehead atoms. The number of anilines is 1. The summed E-state index contributed by atoms with van der Waals surface area (Å²) in [5, 5.41) is 10.7. The molecular formula is C16H11ClFN3O2S. The van der Waals surface area contributed by atoms with Crippen LogP contribution in [-0.4, -0.2) is 21.9 Å². The minimum absolute atomic E-state index is 0.0315. The Morgan fingerprint density at radius 3 is 2.75 bits per heavy atom. The van der Waals surface area contributed by atoms with Crippen molar-refractivity contribution in [3.05, 3.63) is 59.4 Å². The fourth-order valence-electron chi connectivity index (χ4n) is 1.85. The number of amides is 1. The topological polar surface area (TPSA) is 68.0 Å². The van der Waals surface area contributed by atoms with E-state index in [0.717, 1.165) is 4.90 Å². The quantitative estimate of drug-likeness (QED) is 0.686. The van der Waals surface area contributed by atoms with E-state index < -0.39 is 5.82 Å². The zero-order chi connectivity index (χ0) is 16.9. The summed E-state index contributed by atoms with van der Waals surface area (Å²) in [6, 6.07) is 12.9. The molecule has 0 saturated carbocycles. The van der Waals surface area contributed by atoms with Gasteiger partial charge in [0, 0.05) is 15.5 Å². The molecule has 2 aromatic carbocycles. The lowest BCUT2D eigenvalue weighted by atomic mass is 10.2. The van der Waals surface area contributed by atoms with Crippen LogP contribution < -0.4 is 5.32 Å². The normalized spacial score (nSPS) is 10.6. The van der Waals surface area contributed by atoms with E-state index in [-0.39, 0.29) is 23.6 Å². The molecule has 8 heteroatoms. The number of carbonyl (C=O) groups is 1. The van der Waals surface area contributed by atoms with Crippen molar-refractivity contribution >= 4 is 35.3 Å². The number of hydrogen-bond donors (Lipinski definition) is 1. The highest BCUT2D eigenvalue weighted by Gasteiger charge is 2.12. The van der Waals surface area contributed by atoms with Gasteiger partial charge >= 0.3 is 6.01 Å². The molecule has 1 heterocycles. The predicted molar refractivity (Wildman–Crippen MR) is 90.5 cm³/mol. The molecule has 24 heavy (non-hydrogen) atoms. The van der Waals surface area contributed by atoms with Gasteiger partial charge < -0.3 is 4.42 Å². The van der Waals surface area contributed by atoms with Gasteiger partial charge in [0.15, 0.2) is 0 Å². The molecule has 0 aliphatic heterocycles. The van der Waals surface area contributed by atoms with Gasteiger partial charge in [-0.2, -0.15) is 0 Å². The summed E-state index contributed by atoms with van der Waals surface area (Å²) in [7, 11) is 0. The van der Waals surface area contributed by atoms with Crippen LogP contribution in [0.2, 0.25) is 5.02 Å². The minimum Gasteiger partial charge on any atom is -0.403 e. The van der Waals surface area contributed by atoms with Crippen LogP contribution in [0, 0.1) is 5.82 Å². The molecule has 0 saturated heterocycles. The summed E-state index contributed by atoms with van der Waals surface area (Å²) >= 11 is 7.16. The monoisotopic (exact) mass is 363 g/mol. The largest absolute Gasteiger partial charge is 0.403 e. The van der Waals surface area contributed by atoms with E-state index in [2.05, 4.69) is 15.5 Å². The SMILES string of the molecule is O=C(CSc1ccc(Cl)cc1)Nc1nnc(-c2cccc(F)c2)o1. The van der Waals surface area contributed by atoms with Crippen LogP contribution in [-0.2, 0) is 4.79 Å². The van der Waals surface area contributed by atoms with Crippen LogP contribution in [0.1, 0.15) is 0 Å². The summed E-state index contributed by atoms with van der Waals surface area (Å²) < 4.78 is 18.5. The third-order valence-corrected chi connectivity index (χ3v) is 4.19. The highest BCUT2D eigenvalue weighted by molar-refractivity contribution is 8.00. The third-order valence-electron chi connectivity index (χ3n) is 2.93. The van der Waals surface area contributed by atoms with Gasteiger partial charge in [0.1, 0.15) is 5.82 Å². The maximum absolute atomic E-state index is 13.2. The van der Waals surface area contributed by atoms with Gasteiger partial charge in [-0.3, -0.25) is 10.1 Å². The van der Waals surface area contributed by atoms with Crippen molar-refractivity contribution in [1.82, 2.24) is 10.2 Å². The molecule has 0 unspecified atom stereocenters. The number of hydrogen-bond acceptors (Lipinski definition) is 5. The first-order valence-electron chi connectivity index (χ1n) is 6.88. The number of nitrogens with zero attached hydrogens (tertiary/aromatic N) is 2. The molecule has 0 spiro atoms. The maximum atomic E-state index is 13.2. The van der Waals surface area contributed by atoms with Crippen molar-refractivity contribution in [2.24, 2.45) is 0 Å². The van der Waals surface area contributed by atoms with Crippen molar-refractivity contribution in [1.29, 1.82) is 0 Å². The van der Waals surface area contributed by atoms with E-state index in [4.69, 9.17) is 16.0 Å². The highest BCUT2D eigenvalue weighted by atomic mass is 35.5. The Kier molecular flexibility index (Phi) is 5.12. The lowest BCUT2D eigenvalue weighted by molar-refractivity contribution is -0.113. The Balaban J connectivity index is 1.58. The molecule has 1 aromatic heterocycles. The average molecular weight is 364 g/mol. The van der Waals surface area contributed by atoms with Crippen LogP contribution in [0.25, 0.3) is 11.5 Å². The number of carbonyl (C=O) groups excluding carboxylic acids is 1. The number of rotatable bonds is 5. The smallest absolute Gasteiger partial charge is 0.322 e.